The Hall–Kier alpha value is -3.33. The normalized spacial score (nSPS) is 11.7. The van der Waals surface area contributed by atoms with E-state index in [1.807, 2.05) is 0 Å². The number of nitrogens with zero attached hydrogens (tertiary/aromatic N) is 2. The standard InChI is InChI=1S/C19H16N2O6S/c1-11(22)26-16-10-17(25-3)18(27-12(2)23)14-6-5-13(9-15(14)16)28(24)19-20-7-4-8-21-19/h4-10H,1-3H3. The molecule has 0 aliphatic heterocycles. The second kappa shape index (κ2) is 8.13. The Kier molecular flexibility index (Phi) is 5.65. The van der Waals surface area contributed by atoms with Crippen molar-refractivity contribution >= 4 is 33.5 Å². The first-order valence-corrected chi connectivity index (χ1v) is 9.26. The quantitative estimate of drug-likeness (QED) is 0.366. The molecule has 0 N–H and O–H groups in total. The van der Waals surface area contributed by atoms with Crippen LogP contribution in [0.25, 0.3) is 10.8 Å². The van der Waals surface area contributed by atoms with Crippen LogP contribution >= 0.6 is 0 Å². The highest BCUT2D eigenvalue weighted by molar-refractivity contribution is 7.85. The average Bonchev–Trinajstić information content (AvgIpc) is 2.68. The molecule has 1 heterocycles. The molecule has 0 saturated heterocycles. The van der Waals surface area contributed by atoms with Crippen LogP contribution < -0.4 is 14.2 Å². The molecule has 8 nitrogen and oxygen atoms in total. The van der Waals surface area contributed by atoms with E-state index in [9.17, 15) is 13.8 Å². The summed E-state index contributed by atoms with van der Waals surface area (Å²) in [5.74, 6) is -0.497. The number of fused-ring (bicyclic) bond motifs is 1. The number of hydrogen-bond donors (Lipinski definition) is 0. The second-order valence-electron chi connectivity index (χ2n) is 5.60. The first-order valence-electron chi connectivity index (χ1n) is 8.11. The zero-order chi connectivity index (χ0) is 20.3. The molecule has 3 aromatic rings. The van der Waals surface area contributed by atoms with Gasteiger partial charge >= 0.3 is 11.9 Å². The van der Waals surface area contributed by atoms with Gasteiger partial charge in [-0.05, 0) is 24.3 Å². The van der Waals surface area contributed by atoms with Gasteiger partial charge in [-0.1, -0.05) is 0 Å². The first kappa shape index (κ1) is 19.4. The average molecular weight is 400 g/mol. The third-order valence-corrected chi connectivity index (χ3v) is 4.85. The van der Waals surface area contributed by atoms with E-state index in [0.717, 1.165) is 0 Å². The van der Waals surface area contributed by atoms with Crippen molar-refractivity contribution in [3.05, 3.63) is 42.7 Å². The Morgan fingerprint density at radius 3 is 2.21 bits per heavy atom. The summed E-state index contributed by atoms with van der Waals surface area (Å²) in [6.07, 6.45) is 2.99. The van der Waals surface area contributed by atoms with Crippen LogP contribution in [0.15, 0.2) is 52.8 Å². The van der Waals surface area contributed by atoms with Gasteiger partial charge in [-0.2, -0.15) is 0 Å². The highest BCUT2D eigenvalue weighted by atomic mass is 32.2. The summed E-state index contributed by atoms with van der Waals surface area (Å²) in [4.78, 5) is 31.5. The number of aromatic nitrogens is 2. The molecular weight excluding hydrogens is 384 g/mol. The molecule has 28 heavy (non-hydrogen) atoms. The molecule has 0 saturated carbocycles. The lowest BCUT2D eigenvalue weighted by Crippen LogP contribution is -2.07. The molecule has 144 valence electrons. The van der Waals surface area contributed by atoms with E-state index >= 15 is 0 Å². The van der Waals surface area contributed by atoms with Gasteiger partial charge in [0, 0.05) is 48.0 Å². The number of ether oxygens (including phenoxy) is 3. The minimum atomic E-state index is -1.65. The summed E-state index contributed by atoms with van der Waals surface area (Å²) in [5.41, 5.74) is 0. The van der Waals surface area contributed by atoms with Gasteiger partial charge in [-0.3, -0.25) is 9.59 Å². The molecular formula is C19H16N2O6S. The zero-order valence-electron chi connectivity index (χ0n) is 15.3. The lowest BCUT2D eigenvalue weighted by molar-refractivity contribution is -0.133. The number of benzene rings is 2. The van der Waals surface area contributed by atoms with E-state index in [2.05, 4.69) is 9.97 Å². The van der Waals surface area contributed by atoms with Crippen molar-refractivity contribution in [1.82, 2.24) is 9.97 Å². The number of carbonyl (C=O) groups excluding carboxylic acids is 2. The molecule has 9 heteroatoms. The molecule has 1 unspecified atom stereocenters. The third-order valence-electron chi connectivity index (χ3n) is 3.63. The van der Waals surface area contributed by atoms with Crippen LogP contribution in [0.4, 0.5) is 0 Å². The maximum absolute atomic E-state index is 12.8. The van der Waals surface area contributed by atoms with Gasteiger partial charge in [0.2, 0.25) is 5.16 Å². The van der Waals surface area contributed by atoms with Crippen LogP contribution in [-0.2, 0) is 20.4 Å². The molecule has 3 rings (SSSR count). The van der Waals surface area contributed by atoms with Crippen molar-refractivity contribution < 1.29 is 28.0 Å². The van der Waals surface area contributed by atoms with E-state index in [1.165, 1.54) is 39.4 Å². The van der Waals surface area contributed by atoms with E-state index in [-0.39, 0.29) is 22.4 Å². The number of hydrogen-bond acceptors (Lipinski definition) is 8. The highest BCUT2D eigenvalue weighted by Gasteiger charge is 2.20. The topological polar surface area (TPSA) is 105 Å². The van der Waals surface area contributed by atoms with E-state index in [0.29, 0.717) is 15.7 Å². The van der Waals surface area contributed by atoms with Crippen molar-refractivity contribution in [3.63, 3.8) is 0 Å². The van der Waals surface area contributed by atoms with Crippen LogP contribution in [-0.4, -0.2) is 33.2 Å². The number of rotatable bonds is 5. The Bertz CT molecular complexity index is 1080. The molecule has 1 atom stereocenters. The fourth-order valence-electron chi connectivity index (χ4n) is 2.56. The fraction of sp³-hybridized carbons (Fsp3) is 0.158. The molecule has 1 aromatic heterocycles. The summed E-state index contributed by atoms with van der Waals surface area (Å²) < 4.78 is 28.6. The Balaban J connectivity index is 2.23. The Morgan fingerprint density at radius 1 is 0.929 bits per heavy atom. The maximum Gasteiger partial charge on any atom is 0.308 e. The van der Waals surface area contributed by atoms with Crippen LogP contribution in [0.2, 0.25) is 0 Å². The lowest BCUT2D eigenvalue weighted by atomic mass is 10.1. The Labute approximate surface area is 162 Å². The van der Waals surface area contributed by atoms with Gasteiger partial charge in [0.25, 0.3) is 0 Å². The highest BCUT2D eigenvalue weighted by Crippen LogP contribution is 2.42. The molecule has 0 radical (unpaired) electrons. The molecule has 2 aromatic carbocycles. The van der Waals surface area contributed by atoms with Crippen LogP contribution in [0, 0.1) is 0 Å². The van der Waals surface area contributed by atoms with E-state index < -0.39 is 22.7 Å². The van der Waals surface area contributed by atoms with E-state index in [1.54, 1.807) is 24.3 Å². The lowest BCUT2D eigenvalue weighted by Gasteiger charge is -2.15. The van der Waals surface area contributed by atoms with Crippen molar-refractivity contribution in [3.8, 4) is 17.2 Å². The first-order chi connectivity index (χ1) is 13.4. The smallest absolute Gasteiger partial charge is 0.308 e. The largest absolute Gasteiger partial charge is 0.493 e. The summed E-state index contributed by atoms with van der Waals surface area (Å²) in [6, 6.07) is 7.84. The SMILES string of the molecule is COc1cc(OC(C)=O)c2cc(S(=O)c3ncccn3)ccc2c1OC(C)=O. The van der Waals surface area contributed by atoms with Gasteiger partial charge in [0.15, 0.2) is 11.5 Å². The van der Waals surface area contributed by atoms with Crippen LogP contribution in [0.3, 0.4) is 0 Å². The number of esters is 2. The number of carbonyl (C=O) groups is 2. The van der Waals surface area contributed by atoms with Gasteiger partial charge < -0.3 is 14.2 Å². The summed E-state index contributed by atoms with van der Waals surface area (Å²) in [7, 11) is -0.245. The van der Waals surface area contributed by atoms with E-state index in [4.69, 9.17) is 14.2 Å². The number of methoxy groups -OCH3 is 1. The Morgan fingerprint density at radius 2 is 1.61 bits per heavy atom. The molecule has 0 aliphatic rings. The molecule has 0 spiro atoms. The molecule has 0 amide bonds. The van der Waals surface area contributed by atoms with Gasteiger partial charge in [0.1, 0.15) is 16.5 Å². The summed E-state index contributed by atoms with van der Waals surface area (Å²) >= 11 is 0. The van der Waals surface area contributed by atoms with Crippen LogP contribution in [0.1, 0.15) is 13.8 Å². The maximum atomic E-state index is 12.8. The predicted octanol–water partition coefficient (Wildman–Crippen LogP) is 2.66. The van der Waals surface area contributed by atoms with Gasteiger partial charge in [-0.25, -0.2) is 14.2 Å². The minimum absolute atomic E-state index is 0.143. The van der Waals surface area contributed by atoms with Gasteiger partial charge in [-0.15, -0.1) is 0 Å². The summed E-state index contributed by atoms with van der Waals surface area (Å²) in [6.45, 7) is 2.53. The van der Waals surface area contributed by atoms with Crippen LogP contribution in [0.5, 0.6) is 17.2 Å². The van der Waals surface area contributed by atoms with Crippen molar-refractivity contribution in [2.24, 2.45) is 0 Å². The second-order valence-corrected chi connectivity index (χ2v) is 6.97. The monoisotopic (exact) mass is 400 g/mol. The van der Waals surface area contributed by atoms with Gasteiger partial charge in [0.05, 0.1) is 7.11 Å². The molecule has 0 aliphatic carbocycles. The van der Waals surface area contributed by atoms with Crippen molar-refractivity contribution in [2.75, 3.05) is 7.11 Å². The zero-order valence-corrected chi connectivity index (χ0v) is 16.1. The summed E-state index contributed by atoms with van der Waals surface area (Å²) in [5, 5.41) is 1.03. The predicted molar refractivity (Wildman–Crippen MR) is 99.8 cm³/mol. The third kappa shape index (κ3) is 3.99. The molecule has 0 bridgehead atoms. The molecule has 0 fully saturated rings. The fourth-order valence-corrected chi connectivity index (χ4v) is 3.50. The van der Waals surface area contributed by atoms with Crippen molar-refractivity contribution in [2.45, 2.75) is 23.9 Å². The minimum Gasteiger partial charge on any atom is -0.493 e. The van der Waals surface area contributed by atoms with Crippen molar-refractivity contribution in [1.29, 1.82) is 0 Å².